The fourth-order valence-corrected chi connectivity index (χ4v) is 3.32. The van der Waals surface area contributed by atoms with Gasteiger partial charge >= 0.3 is 5.97 Å². The van der Waals surface area contributed by atoms with E-state index in [1.165, 1.54) is 0 Å². The van der Waals surface area contributed by atoms with Crippen LogP contribution < -0.4 is 15.4 Å². The third kappa shape index (κ3) is 1.85. The van der Waals surface area contributed by atoms with Gasteiger partial charge in [-0.1, -0.05) is 0 Å². The van der Waals surface area contributed by atoms with Crippen LogP contribution in [0.3, 0.4) is 0 Å². The van der Waals surface area contributed by atoms with E-state index in [0.29, 0.717) is 30.8 Å². The lowest BCUT2D eigenvalue weighted by atomic mass is 9.80. The van der Waals surface area contributed by atoms with Gasteiger partial charge in [0.05, 0.1) is 6.61 Å². The molecule has 3 rings (SSSR count). The second kappa shape index (κ2) is 4.66. The molecule has 0 saturated heterocycles. The molecule has 5 heteroatoms. The molecule has 2 heterocycles. The molecule has 108 valence electrons. The van der Waals surface area contributed by atoms with Crippen molar-refractivity contribution in [2.75, 3.05) is 25.1 Å². The lowest BCUT2D eigenvalue weighted by Crippen LogP contribution is -2.46. The maximum atomic E-state index is 11.8. The highest BCUT2D eigenvalue weighted by Gasteiger charge is 2.42. The summed E-state index contributed by atoms with van der Waals surface area (Å²) in [5.41, 5.74) is 7.76. The molecule has 0 amide bonds. The monoisotopic (exact) mass is 276 g/mol. The van der Waals surface area contributed by atoms with E-state index in [1.54, 1.807) is 0 Å². The maximum absolute atomic E-state index is 11.8. The maximum Gasteiger partial charge on any atom is 0.328 e. The van der Waals surface area contributed by atoms with Gasteiger partial charge in [-0.25, -0.2) is 4.79 Å². The molecular formula is C15H20N2O3. The van der Waals surface area contributed by atoms with Crippen molar-refractivity contribution in [1.29, 1.82) is 0 Å². The SMILES string of the molecule is CN1CCCc2c1ccc1c2C(N)(C(=O)O)CCCO1. The molecule has 2 aliphatic rings. The molecule has 0 aromatic heterocycles. The molecule has 1 unspecified atom stereocenters. The number of ether oxygens (including phenoxy) is 1. The minimum atomic E-state index is -1.34. The van der Waals surface area contributed by atoms with E-state index >= 15 is 0 Å². The lowest BCUT2D eigenvalue weighted by Gasteiger charge is -2.34. The summed E-state index contributed by atoms with van der Waals surface area (Å²) in [6, 6.07) is 3.88. The number of rotatable bonds is 1. The van der Waals surface area contributed by atoms with Crippen LogP contribution >= 0.6 is 0 Å². The van der Waals surface area contributed by atoms with Gasteiger partial charge in [-0.2, -0.15) is 0 Å². The molecular weight excluding hydrogens is 256 g/mol. The van der Waals surface area contributed by atoms with Gasteiger partial charge in [0.1, 0.15) is 11.3 Å². The van der Waals surface area contributed by atoms with Crippen molar-refractivity contribution in [3.63, 3.8) is 0 Å². The molecule has 0 aliphatic carbocycles. The molecule has 3 N–H and O–H groups in total. The van der Waals surface area contributed by atoms with Crippen molar-refractivity contribution in [2.45, 2.75) is 31.2 Å². The second-order valence-corrected chi connectivity index (χ2v) is 5.69. The number of carboxylic acid groups (broad SMARTS) is 1. The van der Waals surface area contributed by atoms with Crippen LogP contribution in [-0.4, -0.2) is 31.3 Å². The van der Waals surface area contributed by atoms with Gasteiger partial charge in [0.15, 0.2) is 0 Å². The molecule has 0 fully saturated rings. The molecule has 20 heavy (non-hydrogen) atoms. The lowest BCUT2D eigenvalue weighted by molar-refractivity contribution is -0.144. The summed E-state index contributed by atoms with van der Waals surface area (Å²) in [4.78, 5) is 13.9. The number of anilines is 1. The number of nitrogens with two attached hydrogens (primary N) is 1. The predicted octanol–water partition coefficient (Wildman–Crippen LogP) is 1.48. The number of nitrogens with zero attached hydrogens (tertiary/aromatic N) is 1. The first-order valence-electron chi connectivity index (χ1n) is 7.06. The van der Waals surface area contributed by atoms with Gasteiger partial charge in [0.25, 0.3) is 0 Å². The summed E-state index contributed by atoms with van der Waals surface area (Å²) < 4.78 is 5.73. The quantitative estimate of drug-likeness (QED) is 0.812. The normalized spacial score (nSPS) is 25.2. The molecule has 5 nitrogen and oxygen atoms in total. The van der Waals surface area contributed by atoms with Crippen molar-refractivity contribution >= 4 is 11.7 Å². The summed E-state index contributed by atoms with van der Waals surface area (Å²) in [6.45, 7) is 1.51. The predicted molar refractivity (Wildman–Crippen MR) is 76.3 cm³/mol. The molecule has 0 radical (unpaired) electrons. The zero-order valence-electron chi connectivity index (χ0n) is 11.7. The Hall–Kier alpha value is -1.75. The van der Waals surface area contributed by atoms with E-state index < -0.39 is 11.5 Å². The molecule has 0 bridgehead atoms. The fourth-order valence-electron chi connectivity index (χ4n) is 3.32. The van der Waals surface area contributed by atoms with Crippen LogP contribution in [0.2, 0.25) is 0 Å². The Labute approximate surface area is 118 Å². The number of benzene rings is 1. The Morgan fingerprint density at radius 1 is 1.45 bits per heavy atom. The smallest absolute Gasteiger partial charge is 0.328 e. The van der Waals surface area contributed by atoms with Crippen LogP contribution in [0.15, 0.2) is 12.1 Å². The van der Waals surface area contributed by atoms with Crippen molar-refractivity contribution in [3.8, 4) is 5.75 Å². The van der Waals surface area contributed by atoms with Crippen molar-refractivity contribution < 1.29 is 14.6 Å². The Bertz CT molecular complexity index is 558. The van der Waals surface area contributed by atoms with E-state index in [-0.39, 0.29) is 0 Å². The zero-order chi connectivity index (χ0) is 14.3. The summed E-state index contributed by atoms with van der Waals surface area (Å²) in [5, 5.41) is 9.64. The molecule has 1 aromatic carbocycles. The Morgan fingerprint density at radius 3 is 3.00 bits per heavy atom. The van der Waals surface area contributed by atoms with Gasteiger partial charge in [0.2, 0.25) is 0 Å². The topological polar surface area (TPSA) is 75.8 Å². The molecule has 0 spiro atoms. The first kappa shape index (κ1) is 13.2. The minimum Gasteiger partial charge on any atom is -0.493 e. The number of carbonyl (C=O) groups is 1. The summed E-state index contributed by atoms with van der Waals surface area (Å²) >= 11 is 0. The summed E-state index contributed by atoms with van der Waals surface area (Å²) in [5.74, 6) is -0.327. The van der Waals surface area contributed by atoms with Crippen LogP contribution in [0.4, 0.5) is 5.69 Å². The van der Waals surface area contributed by atoms with E-state index in [1.807, 2.05) is 19.2 Å². The third-order valence-electron chi connectivity index (χ3n) is 4.38. The minimum absolute atomic E-state index is 0.412. The Morgan fingerprint density at radius 2 is 2.25 bits per heavy atom. The first-order valence-corrected chi connectivity index (χ1v) is 7.06. The number of aliphatic carboxylic acids is 1. The molecule has 2 aliphatic heterocycles. The second-order valence-electron chi connectivity index (χ2n) is 5.69. The number of fused-ring (bicyclic) bond motifs is 3. The van der Waals surface area contributed by atoms with E-state index in [0.717, 1.165) is 30.6 Å². The standard InChI is InChI=1S/C15H20N2O3/c1-17-8-2-4-10-11(17)5-6-12-13(10)15(16,14(18)19)7-3-9-20-12/h5-6H,2-4,7-9,16H2,1H3,(H,18,19). The number of hydrogen-bond acceptors (Lipinski definition) is 4. The van der Waals surface area contributed by atoms with Crippen LogP contribution in [0, 0.1) is 0 Å². The molecule has 1 atom stereocenters. The Kier molecular flexibility index (Phi) is 3.09. The summed E-state index contributed by atoms with van der Waals surface area (Å²) in [7, 11) is 2.03. The van der Waals surface area contributed by atoms with Crippen LogP contribution in [0.5, 0.6) is 5.75 Å². The highest BCUT2D eigenvalue weighted by Crippen LogP contribution is 2.43. The van der Waals surface area contributed by atoms with Gasteiger partial charge < -0.3 is 20.5 Å². The van der Waals surface area contributed by atoms with Crippen molar-refractivity contribution in [2.24, 2.45) is 5.73 Å². The molecule has 0 saturated carbocycles. The largest absolute Gasteiger partial charge is 0.493 e. The highest BCUT2D eigenvalue weighted by atomic mass is 16.5. The van der Waals surface area contributed by atoms with Crippen LogP contribution in [0.25, 0.3) is 0 Å². The average Bonchev–Trinajstić information content (AvgIpc) is 2.60. The van der Waals surface area contributed by atoms with Crippen LogP contribution in [-0.2, 0) is 16.8 Å². The van der Waals surface area contributed by atoms with Crippen LogP contribution in [0.1, 0.15) is 30.4 Å². The number of hydrogen-bond donors (Lipinski definition) is 2. The zero-order valence-corrected chi connectivity index (χ0v) is 11.7. The fraction of sp³-hybridized carbons (Fsp3) is 0.533. The number of carboxylic acids is 1. The summed E-state index contributed by atoms with van der Waals surface area (Å²) in [6.07, 6.45) is 2.94. The van der Waals surface area contributed by atoms with E-state index in [4.69, 9.17) is 10.5 Å². The van der Waals surface area contributed by atoms with Gasteiger partial charge in [-0.15, -0.1) is 0 Å². The van der Waals surface area contributed by atoms with Gasteiger partial charge in [-0.05, 0) is 43.4 Å². The molecule has 1 aromatic rings. The third-order valence-corrected chi connectivity index (χ3v) is 4.38. The van der Waals surface area contributed by atoms with Gasteiger partial charge in [-0.3, -0.25) is 0 Å². The van der Waals surface area contributed by atoms with E-state index in [2.05, 4.69) is 4.90 Å². The average molecular weight is 276 g/mol. The van der Waals surface area contributed by atoms with Gasteiger partial charge in [0, 0.05) is 24.8 Å². The first-order chi connectivity index (χ1) is 9.54. The Balaban J connectivity index is 2.25. The highest BCUT2D eigenvalue weighted by molar-refractivity contribution is 5.84. The van der Waals surface area contributed by atoms with Crippen molar-refractivity contribution in [1.82, 2.24) is 0 Å². The van der Waals surface area contributed by atoms with E-state index in [9.17, 15) is 9.90 Å². The van der Waals surface area contributed by atoms with Crippen molar-refractivity contribution in [3.05, 3.63) is 23.3 Å².